The molecule has 8 heteroatoms. The summed E-state index contributed by atoms with van der Waals surface area (Å²) >= 11 is 0. The Kier molecular flexibility index (Phi) is 1.61. The maximum Gasteiger partial charge on any atom is 0.202 e. The van der Waals surface area contributed by atoms with Crippen LogP contribution in [0.15, 0.2) is 24.8 Å². The molecule has 0 saturated carbocycles. The monoisotopic (exact) mass is 240 g/mol. The van der Waals surface area contributed by atoms with Crippen LogP contribution in [0.5, 0.6) is 0 Å². The maximum absolute atomic E-state index is 4.47. The quantitative estimate of drug-likeness (QED) is 0.520. The average molecular weight is 240 g/mol. The molecule has 8 nitrogen and oxygen atoms in total. The molecule has 88 valence electrons. The second-order valence-electron chi connectivity index (χ2n) is 3.96. The molecule has 0 aliphatic rings. The van der Waals surface area contributed by atoms with Gasteiger partial charge < -0.3 is 0 Å². The van der Waals surface area contributed by atoms with Crippen molar-refractivity contribution in [2.24, 2.45) is 7.05 Å². The van der Waals surface area contributed by atoms with Gasteiger partial charge in [0.25, 0.3) is 0 Å². The van der Waals surface area contributed by atoms with E-state index in [1.165, 1.54) is 0 Å². The van der Waals surface area contributed by atoms with Crippen LogP contribution < -0.4 is 0 Å². The number of aromatic nitrogens is 8. The summed E-state index contributed by atoms with van der Waals surface area (Å²) in [6.45, 7) is 0. The largest absolute Gasteiger partial charge is 0.275 e. The predicted molar refractivity (Wildman–Crippen MR) is 62.6 cm³/mol. The van der Waals surface area contributed by atoms with Crippen LogP contribution in [0, 0.1) is 0 Å². The molecular weight excluding hydrogens is 232 g/mol. The van der Waals surface area contributed by atoms with Crippen molar-refractivity contribution in [3.8, 4) is 11.5 Å². The fraction of sp³-hybridized carbons (Fsp3) is 0.100. The lowest BCUT2D eigenvalue weighted by Gasteiger charge is -1.89. The van der Waals surface area contributed by atoms with Crippen molar-refractivity contribution in [1.29, 1.82) is 0 Å². The van der Waals surface area contributed by atoms with Crippen molar-refractivity contribution in [2.45, 2.75) is 0 Å². The molecule has 18 heavy (non-hydrogen) atoms. The van der Waals surface area contributed by atoms with Crippen molar-refractivity contribution in [3.63, 3.8) is 0 Å². The Hall–Kier alpha value is -2.77. The third kappa shape index (κ3) is 1.16. The van der Waals surface area contributed by atoms with E-state index < -0.39 is 0 Å². The Morgan fingerprint density at radius 3 is 3.06 bits per heavy atom. The number of nitrogens with one attached hydrogen (secondary N) is 1. The van der Waals surface area contributed by atoms with Gasteiger partial charge in [0, 0.05) is 13.2 Å². The molecule has 0 aliphatic heterocycles. The minimum absolute atomic E-state index is 0.575. The Morgan fingerprint density at radius 1 is 1.28 bits per heavy atom. The van der Waals surface area contributed by atoms with E-state index in [0.29, 0.717) is 11.5 Å². The van der Waals surface area contributed by atoms with Gasteiger partial charge in [0.1, 0.15) is 12.0 Å². The molecule has 0 saturated heterocycles. The summed E-state index contributed by atoms with van der Waals surface area (Å²) in [7, 11) is 1.86. The fourth-order valence-electron chi connectivity index (χ4n) is 1.88. The summed E-state index contributed by atoms with van der Waals surface area (Å²) < 4.78 is 3.34. The highest BCUT2D eigenvalue weighted by Crippen LogP contribution is 2.17. The van der Waals surface area contributed by atoms with Gasteiger partial charge in [-0.2, -0.15) is 10.2 Å². The predicted octanol–water partition coefficient (Wildman–Crippen LogP) is 0.401. The van der Waals surface area contributed by atoms with Gasteiger partial charge in [0.15, 0.2) is 11.3 Å². The van der Waals surface area contributed by atoms with Crippen molar-refractivity contribution < 1.29 is 0 Å². The summed E-state index contributed by atoms with van der Waals surface area (Å²) in [5, 5.41) is 16.2. The van der Waals surface area contributed by atoms with Crippen molar-refractivity contribution >= 4 is 16.7 Å². The van der Waals surface area contributed by atoms with Gasteiger partial charge in [-0.15, -0.1) is 5.10 Å². The Bertz CT molecular complexity index is 851. The Labute approximate surface area is 100 Å². The van der Waals surface area contributed by atoms with Gasteiger partial charge >= 0.3 is 0 Å². The maximum atomic E-state index is 4.47. The first-order valence-corrected chi connectivity index (χ1v) is 5.36. The van der Waals surface area contributed by atoms with Crippen molar-refractivity contribution in [1.82, 2.24) is 39.6 Å². The highest BCUT2D eigenvalue weighted by atomic mass is 15.3. The van der Waals surface area contributed by atoms with Gasteiger partial charge in [-0.3, -0.25) is 9.78 Å². The van der Waals surface area contributed by atoms with E-state index >= 15 is 0 Å². The van der Waals surface area contributed by atoms with Crippen molar-refractivity contribution in [2.75, 3.05) is 0 Å². The van der Waals surface area contributed by atoms with E-state index in [1.54, 1.807) is 21.7 Å². The van der Waals surface area contributed by atoms with E-state index in [4.69, 9.17) is 0 Å². The SMILES string of the molecule is Cn1ccc(-c2nc3c4cn[nH]c4ncn3n2)n1. The van der Waals surface area contributed by atoms with Crippen LogP contribution >= 0.6 is 0 Å². The normalized spacial score (nSPS) is 11.6. The molecule has 0 amide bonds. The number of H-pyrrole nitrogens is 1. The van der Waals surface area contributed by atoms with Gasteiger partial charge in [-0.25, -0.2) is 14.5 Å². The van der Waals surface area contributed by atoms with Crippen LogP contribution in [-0.2, 0) is 7.05 Å². The molecule has 0 aromatic carbocycles. The van der Waals surface area contributed by atoms with Crippen LogP contribution in [0.1, 0.15) is 0 Å². The zero-order valence-corrected chi connectivity index (χ0v) is 9.44. The van der Waals surface area contributed by atoms with Crippen LogP contribution in [0.25, 0.3) is 28.2 Å². The molecule has 4 aromatic rings. The zero-order chi connectivity index (χ0) is 12.1. The van der Waals surface area contributed by atoms with Gasteiger partial charge in [0.2, 0.25) is 5.82 Å². The highest BCUT2D eigenvalue weighted by molar-refractivity contribution is 5.88. The van der Waals surface area contributed by atoms with Crippen molar-refractivity contribution in [3.05, 3.63) is 24.8 Å². The summed E-state index contributed by atoms with van der Waals surface area (Å²) in [5.41, 5.74) is 2.15. The number of rotatable bonds is 1. The van der Waals surface area contributed by atoms with Crippen LogP contribution in [0.4, 0.5) is 0 Å². The first kappa shape index (κ1) is 9.28. The number of fused-ring (bicyclic) bond motifs is 3. The zero-order valence-electron chi connectivity index (χ0n) is 9.44. The summed E-state index contributed by atoms with van der Waals surface area (Å²) in [4.78, 5) is 8.67. The number of aromatic amines is 1. The molecule has 0 radical (unpaired) electrons. The molecule has 0 atom stereocenters. The molecule has 4 heterocycles. The van der Waals surface area contributed by atoms with Gasteiger partial charge in [-0.1, -0.05) is 0 Å². The van der Waals surface area contributed by atoms with Crippen LogP contribution in [-0.4, -0.2) is 39.6 Å². The van der Waals surface area contributed by atoms with Gasteiger partial charge in [-0.05, 0) is 6.07 Å². The molecule has 4 aromatic heterocycles. The van der Waals surface area contributed by atoms with Crippen LogP contribution in [0.2, 0.25) is 0 Å². The lowest BCUT2D eigenvalue weighted by atomic mass is 10.4. The van der Waals surface area contributed by atoms with E-state index in [-0.39, 0.29) is 0 Å². The second-order valence-corrected chi connectivity index (χ2v) is 3.96. The smallest absolute Gasteiger partial charge is 0.202 e. The first-order valence-electron chi connectivity index (χ1n) is 5.36. The minimum atomic E-state index is 0.575. The molecule has 0 unspecified atom stereocenters. The van der Waals surface area contributed by atoms with E-state index in [1.807, 2.05) is 19.3 Å². The Balaban J connectivity index is 2.03. The third-order valence-electron chi connectivity index (χ3n) is 2.73. The van der Waals surface area contributed by atoms with E-state index in [2.05, 4.69) is 30.4 Å². The number of nitrogens with zero attached hydrogens (tertiary/aromatic N) is 7. The summed E-state index contributed by atoms with van der Waals surface area (Å²) in [6, 6.07) is 1.87. The number of hydrogen-bond donors (Lipinski definition) is 1. The standard InChI is InChI=1S/C10H8N8/c1-17-3-2-7(15-17)9-13-10-6-4-12-14-8(6)11-5-18(10)16-9/h2-5H,1H3,(H,12,14). The lowest BCUT2D eigenvalue weighted by Crippen LogP contribution is -1.90. The summed E-state index contributed by atoms with van der Waals surface area (Å²) in [5.74, 6) is 0.575. The van der Waals surface area contributed by atoms with Gasteiger partial charge in [0.05, 0.1) is 11.6 Å². The second kappa shape index (κ2) is 3.13. The lowest BCUT2D eigenvalue weighted by molar-refractivity contribution is 0.768. The first-order chi connectivity index (χ1) is 8.81. The molecular formula is C10H8N8. The Morgan fingerprint density at radius 2 is 2.22 bits per heavy atom. The topological polar surface area (TPSA) is 89.6 Å². The minimum Gasteiger partial charge on any atom is -0.275 e. The number of aryl methyl sites for hydroxylation is 1. The summed E-state index contributed by atoms with van der Waals surface area (Å²) in [6.07, 6.45) is 5.15. The molecule has 0 bridgehead atoms. The van der Waals surface area contributed by atoms with E-state index in [9.17, 15) is 0 Å². The highest BCUT2D eigenvalue weighted by Gasteiger charge is 2.12. The molecule has 0 spiro atoms. The average Bonchev–Trinajstić information content (AvgIpc) is 3.04. The van der Waals surface area contributed by atoms with Crippen LogP contribution in [0.3, 0.4) is 0 Å². The molecule has 0 fully saturated rings. The molecule has 1 N–H and O–H groups in total. The molecule has 4 rings (SSSR count). The van der Waals surface area contributed by atoms with E-state index in [0.717, 1.165) is 16.7 Å². The molecule has 0 aliphatic carbocycles. The number of hydrogen-bond acceptors (Lipinski definition) is 5. The fourth-order valence-corrected chi connectivity index (χ4v) is 1.88. The third-order valence-corrected chi connectivity index (χ3v) is 2.73.